The molecule has 4 aromatic rings. The number of ether oxygens (including phenoxy) is 1. The zero-order valence-electron chi connectivity index (χ0n) is 21.9. The molecular formula is C26H24F4N6O4S. The number of carbonyl (C=O) groups excluding carboxylic acids is 1. The van der Waals surface area contributed by atoms with Gasteiger partial charge in [-0.05, 0) is 50.3 Å². The van der Waals surface area contributed by atoms with E-state index >= 15 is 0 Å². The van der Waals surface area contributed by atoms with E-state index in [2.05, 4.69) is 25.4 Å². The molecule has 0 fully saturated rings. The van der Waals surface area contributed by atoms with Gasteiger partial charge in [0, 0.05) is 29.4 Å². The smallest absolute Gasteiger partial charge is 0.433 e. The Hall–Kier alpha value is -4.40. The van der Waals surface area contributed by atoms with Crippen LogP contribution in [0.4, 0.5) is 27.2 Å². The van der Waals surface area contributed by atoms with E-state index in [0.29, 0.717) is 26.9 Å². The van der Waals surface area contributed by atoms with Crippen molar-refractivity contribution in [2.45, 2.75) is 51.6 Å². The summed E-state index contributed by atoms with van der Waals surface area (Å²) >= 11 is 0.949. The highest BCUT2D eigenvalue weighted by molar-refractivity contribution is 7.12. The molecule has 10 nitrogen and oxygen atoms in total. The third-order valence-electron chi connectivity index (χ3n) is 5.46. The van der Waals surface area contributed by atoms with Crippen LogP contribution in [0.15, 0.2) is 53.8 Å². The van der Waals surface area contributed by atoms with Crippen molar-refractivity contribution in [1.29, 1.82) is 0 Å². The topological polar surface area (TPSA) is 132 Å². The van der Waals surface area contributed by atoms with Crippen molar-refractivity contribution in [3.05, 3.63) is 70.8 Å². The number of hydrogen-bond acceptors (Lipinski definition) is 7. The summed E-state index contributed by atoms with van der Waals surface area (Å²) in [5.41, 5.74) is -0.973. The Bertz CT molecular complexity index is 1640. The van der Waals surface area contributed by atoms with Crippen molar-refractivity contribution >= 4 is 34.3 Å². The maximum absolute atomic E-state index is 13.7. The molecule has 3 heterocycles. The molecular weight excluding hydrogens is 568 g/mol. The van der Waals surface area contributed by atoms with Crippen LogP contribution in [0.5, 0.6) is 0 Å². The Morgan fingerprint density at radius 1 is 1.10 bits per heavy atom. The molecule has 1 aromatic carbocycles. The lowest BCUT2D eigenvalue weighted by Gasteiger charge is -2.23. The molecule has 4 rings (SSSR count). The Kier molecular flexibility index (Phi) is 8.37. The van der Waals surface area contributed by atoms with Crippen molar-refractivity contribution in [3.63, 3.8) is 0 Å². The summed E-state index contributed by atoms with van der Waals surface area (Å²) in [6.07, 6.45) is -4.44. The predicted molar refractivity (Wildman–Crippen MR) is 140 cm³/mol. The van der Waals surface area contributed by atoms with Gasteiger partial charge in [-0.15, -0.1) is 4.99 Å². The van der Waals surface area contributed by atoms with E-state index in [-0.39, 0.29) is 17.8 Å². The highest BCUT2D eigenvalue weighted by Gasteiger charge is 2.32. The Balaban J connectivity index is 1.69. The molecule has 1 atom stereocenters. The first-order valence-corrected chi connectivity index (χ1v) is 12.9. The number of benzene rings is 1. The highest BCUT2D eigenvalue weighted by atomic mass is 32.1. The van der Waals surface area contributed by atoms with E-state index in [1.54, 1.807) is 39.0 Å². The molecule has 15 heteroatoms. The van der Waals surface area contributed by atoms with Crippen LogP contribution in [-0.4, -0.2) is 48.7 Å². The number of halogens is 4. The first-order chi connectivity index (χ1) is 19.2. The number of amides is 2. The maximum Gasteiger partial charge on any atom is 0.433 e. The number of pyridine rings is 2. The third kappa shape index (κ3) is 8.06. The van der Waals surface area contributed by atoms with Crippen LogP contribution in [0.3, 0.4) is 0 Å². The number of nitrogens with zero attached hydrogens (tertiary/aromatic N) is 5. The number of hydrogen-bond donors (Lipinski definition) is 2. The minimum absolute atomic E-state index is 0.0129. The predicted octanol–water partition coefficient (Wildman–Crippen LogP) is 5.43. The van der Waals surface area contributed by atoms with Crippen molar-refractivity contribution in [2.24, 2.45) is 4.99 Å². The van der Waals surface area contributed by atoms with Crippen molar-refractivity contribution in [2.75, 3.05) is 0 Å². The SMILES string of the molecule is CC(C)(C)OC(=O)N[C@@H](Cc1ccc(C(F)(F)F)nc1)Cn1nc(-c2ccc3cnc(F)cc3c2)sc1=NC(=O)O. The van der Waals surface area contributed by atoms with Crippen LogP contribution in [0, 0.1) is 5.95 Å². The van der Waals surface area contributed by atoms with Gasteiger partial charge in [-0.25, -0.2) is 19.3 Å². The molecule has 0 saturated heterocycles. The number of rotatable bonds is 6. The average Bonchev–Trinajstić information content (AvgIpc) is 3.23. The standard InChI is InChI=1S/C26H24F4N6O4S/c1-25(2,3)40-24(39)33-18(8-14-4-7-19(31-11-14)26(28,29)30)13-36-22(34-23(37)38)41-21(35-36)15-5-6-16-12-32-20(27)10-17(16)9-15/h4-7,9-12,18H,8,13H2,1-3H3,(H,33,39)(H,37,38)/t18-/m0/s1. The first kappa shape index (κ1) is 29.6. The van der Waals surface area contributed by atoms with E-state index in [1.165, 1.54) is 23.0 Å². The highest BCUT2D eigenvalue weighted by Crippen LogP contribution is 2.28. The molecule has 41 heavy (non-hydrogen) atoms. The molecule has 0 aliphatic rings. The number of carboxylic acid groups (broad SMARTS) is 1. The van der Waals surface area contributed by atoms with Gasteiger partial charge < -0.3 is 15.2 Å². The maximum atomic E-state index is 13.7. The number of alkyl carbamates (subject to hydrolysis) is 1. The second kappa shape index (κ2) is 11.6. The average molecular weight is 593 g/mol. The number of nitrogens with one attached hydrogen (secondary N) is 1. The fourth-order valence-electron chi connectivity index (χ4n) is 3.80. The van der Waals surface area contributed by atoms with Gasteiger partial charge in [0.1, 0.15) is 16.3 Å². The summed E-state index contributed by atoms with van der Waals surface area (Å²) in [5, 5.41) is 18.1. The summed E-state index contributed by atoms with van der Waals surface area (Å²) in [7, 11) is 0. The van der Waals surface area contributed by atoms with Crippen LogP contribution in [0.1, 0.15) is 32.0 Å². The second-order valence-corrected chi connectivity index (χ2v) is 10.9. The molecule has 3 aromatic heterocycles. The minimum Gasteiger partial charge on any atom is -0.463 e. The molecule has 216 valence electrons. The van der Waals surface area contributed by atoms with Crippen LogP contribution in [0.2, 0.25) is 0 Å². The van der Waals surface area contributed by atoms with Gasteiger partial charge in [-0.3, -0.25) is 4.98 Å². The van der Waals surface area contributed by atoms with E-state index in [1.807, 2.05) is 0 Å². The van der Waals surface area contributed by atoms with Crippen LogP contribution in [0.25, 0.3) is 21.3 Å². The largest absolute Gasteiger partial charge is 0.463 e. The van der Waals surface area contributed by atoms with Crippen molar-refractivity contribution in [3.8, 4) is 10.6 Å². The Morgan fingerprint density at radius 3 is 2.49 bits per heavy atom. The van der Waals surface area contributed by atoms with Gasteiger partial charge >= 0.3 is 18.4 Å². The van der Waals surface area contributed by atoms with E-state index < -0.39 is 41.6 Å². The van der Waals surface area contributed by atoms with Gasteiger partial charge in [-0.2, -0.15) is 22.7 Å². The molecule has 0 unspecified atom stereocenters. The Labute approximate surface area is 234 Å². The number of aromatic nitrogens is 4. The summed E-state index contributed by atoms with van der Waals surface area (Å²) in [4.78, 5) is 34.7. The van der Waals surface area contributed by atoms with Crippen LogP contribution >= 0.6 is 11.3 Å². The van der Waals surface area contributed by atoms with Gasteiger partial charge in [0.15, 0.2) is 0 Å². The molecule has 2 N–H and O–H groups in total. The van der Waals surface area contributed by atoms with Gasteiger partial charge in [0.05, 0.1) is 12.6 Å². The van der Waals surface area contributed by atoms with Gasteiger partial charge in [0.2, 0.25) is 10.7 Å². The van der Waals surface area contributed by atoms with Crippen molar-refractivity contribution < 1.29 is 37.0 Å². The molecule has 0 saturated carbocycles. The van der Waals surface area contributed by atoms with Crippen LogP contribution in [-0.2, 0) is 23.9 Å². The summed E-state index contributed by atoms with van der Waals surface area (Å²) in [6.45, 7) is 4.88. The molecule has 0 bridgehead atoms. The quantitative estimate of drug-likeness (QED) is 0.226. The third-order valence-corrected chi connectivity index (χ3v) is 6.45. The van der Waals surface area contributed by atoms with E-state index in [0.717, 1.165) is 23.6 Å². The molecule has 0 aliphatic heterocycles. The molecule has 0 radical (unpaired) electrons. The summed E-state index contributed by atoms with van der Waals surface area (Å²) in [5.74, 6) is -0.667. The van der Waals surface area contributed by atoms with E-state index in [9.17, 15) is 32.3 Å². The zero-order chi connectivity index (χ0) is 29.9. The lowest BCUT2D eigenvalue weighted by molar-refractivity contribution is -0.141. The monoisotopic (exact) mass is 592 g/mol. The number of fused-ring (bicyclic) bond motifs is 1. The normalized spacial score (nSPS) is 13.3. The van der Waals surface area contributed by atoms with Gasteiger partial charge in [0.25, 0.3) is 0 Å². The van der Waals surface area contributed by atoms with Crippen molar-refractivity contribution in [1.82, 2.24) is 25.1 Å². The number of carbonyl (C=O) groups is 2. The number of alkyl halides is 3. The van der Waals surface area contributed by atoms with Crippen LogP contribution < -0.4 is 10.1 Å². The fourth-order valence-corrected chi connectivity index (χ4v) is 4.70. The van der Waals surface area contributed by atoms with E-state index in [4.69, 9.17) is 4.74 Å². The second-order valence-electron chi connectivity index (χ2n) is 9.93. The lowest BCUT2D eigenvalue weighted by atomic mass is 10.1. The minimum atomic E-state index is -4.61. The Morgan fingerprint density at radius 2 is 1.85 bits per heavy atom. The summed E-state index contributed by atoms with van der Waals surface area (Å²) < 4.78 is 59.2. The molecule has 2 amide bonds. The summed E-state index contributed by atoms with van der Waals surface area (Å²) in [6, 6.07) is 7.59. The zero-order valence-corrected chi connectivity index (χ0v) is 22.8. The molecule has 0 aliphatic carbocycles. The molecule has 0 spiro atoms. The fraction of sp³-hybridized carbons (Fsp3) is 0.308. The van der Waals surface area contributed by atoms with Gasteiger partial charge in [-0.1, -0.05) is 29.5 Å². The lowest BCUT2D eigenvalue weighted by Crippen LogP contribution is -2.43. The first-order valence-electron chi connectivity index (χ1n) is 12.1.